The normalized spacial score (nSPS) is 11.8. The Bertz CT molecular complexity index is 1610. The molecule has 0 atom stereocenters. The topological polar surface area (TPSA) is 73.0 Å². The minimum absolute atomic E-state index is 0.0823. The molecule has 4 rings (SSSR count). The van der Waals surface area contributed by atoms with Gasteiger partial charge in [0, 0.05) is 28.9 Å². The van der Waals surface area contributed by atoms with Gasteiger partial charge in [-0.2, -0.15) is 4.98 Å². The van der Waals surface area contributed by atoms with Crippen LogP contribution in [0.1, 0.15) is 46.1 Å². The second-order valence-electron chi connectivity index (χ2n) is 9.13. The Morgan fingerprint density at radius 2 is 1.87 bits per heavy atom. The van der Waals surface area contributed by atoms with E-state index in [0.29, 0.717) is 22.4 Å². The van der Waals surface area contributed by atoms with Crippen LogP contribution in [0.15, 0.2) is 70.0 Å². The Kier molecular flexibility index (Phi) is 9.85. The lowest BCUT2D eigenvalue weighted by Gasteiger charge is -2.11. The number of aromatic nitrogens is 3. The summed E-state index contributed by atoms with van der Waals surface area (Å²) in [6.07, 6.45) is 6.55. The second kappa shape index (κ2) is 13.1. The Balaban J connectivity index is 0.000000934. The molecular weight excluding hydrogens is 496 g/mol. The molecule has 6 nitrogen and oxygen atoms in total. The summed E-state index contributed by atoms with van der Waals surface area (Å²) >= 11 is 6.06. The van der Waals surface area contributed by atoms with E-state index < -0.39 is 0 Å². The van der Waals surface area contributed by atoms with Gasteiger partial charge in [0.2, 0.25) is 0 Å². The fourth-order valence-electron chi connectivity index (χ4n) is 3.74. The molecule has 0 saturated heterocycles. The van der Waals surface area contributed by atoms with Crippen LogP contribution in [0.4, 0.5) is 11.6 Å². The lowest BCUT2D eigenvalue weighted by molar-refractivity contribution is 0.433. The molecular formula is C31H35ClN4O2. The molecule has 0 unspecified atom stereocenters. The van der Waals surface area contributed by atoms with Gasteiger partial charge in [-0.3, -0.25) is 4.79 Å². The maximum absolute atomic E-state index is 13.3. The van der Waals surface area contributed by atoms with E-state index in [1.807, 2.05) is 69.3 Å². The molecule has 198 valence electrons. The summed E-state index contributed by atoms with van der Waals surface area (Å²) in [6, 6.07) is 14.9. The Morgan fingerprint density at radius 1 is 1.13 bits per heavy atom. The first-order valence-corrected chi connectivity index (χ1v) is 13.1. The summed E-state index contributed by atoms with van der Waals surface area (Å²) in [6.45, 7) is 14.2. The van der Waals surface area contributed by atoms with Gasteiger partial charge in [-0.15, -0.1) is 0 Å². The minimum atomic E-state index is -0.0823. The lowest BCUT2D eigenvalue weighted by Crippen LogP contribution is -2.42. The molecule has 0 saturated carbocycles. The van der Waals surface area contributed by atoms with Crippen LogP contribution in [0.3, 0.4) is 0 Å². The lowest BCUT2D eigenvalue weighted by atomic mass is 10.00. The third-order valence-corrected chi connectivity index (χ3v) is 6.20. The summed E-state index contributed by atoms with van der Waals surface area (Å²) in [4.78, 5) is 17.7. The molecule has 2 aromatic heterocycles. The van der Waals surface area contributed by atoms with E-state index in [-0.39, 0.29) is 5.56 Å². The maximum Gasteiger partial charge on any atom is 0.268 e. The molecule has 0 radical (unpaired) electrons. The Labute approximate surface area is 229 Å². The summed E-state index contributed by atoms with van der Waals surface area (Å²) in [5, 5.41) is 9.56. The first-order valence-electron chi connectivity index (χ1n) is 12.7. The first kappa shape index (κ1) is 28.7. The molecule has 1 N–H and O–H groups in total. The molecule has 7 heteroatoms. The highest BCUT2D eigenvalue weighted by molar-refractivity contribution is 6.30. The van der Waals surface area contributed by atoms with Gasteiger partial charge in [-0.05, 0) is 84.7 Å². The predicted octanol–water partition coefficient (Wildman–Crippen LogP) is 6.77. The third-order valence-electron chi connectivity index (χ3n) is 5.97. The second-order valence-corrected chi connectivity index (χ2v) is 9.57. The monoisotopic (exact) mass is 530 g/mol. The molecule has 2 aromatic carbocycles. The van der Waals surface area contributed by atoms with Gasteiger partial charge < -0.3 is 14.4 Å². The molecule has 0 aliphatic carbocycles. The summed E-state index contributed by atoms with van der Waals surface area (Å²) < 4.78 is 7.04. The Morgan fingerprint density at radius 3 is 2.50 bits per heavy atom. The molecule has 0 aliphatic heterocycles. The number of halogens is 1. The van der Waals surface area contributed by atoms with Crippen LogP contribution in [0.25, 0.3) is 34.7 Å². The highest BCUT2D eigenvalue weighted by atomic mass is 35.5. The summed E-state index contributed by atoms with van der Waals surface area (Å²) in [5.74, 6) is 0.672. The van der Waals surface area contributed by atoms with Gasteiger partial charge in [0.05, 0.1) is 5.35 Å². The number of unbranched alkanes of at least 4 members (excludes halogenated alkanes) is 1. The first-order chi connectivity index (χ1) is 18.2. The third kappa shape index (κ3) is 6.90. The van der Waals surface area contributed by atoms with Crippen molar-refractivity contribution in [3.05, 3.63) is 92.2 Å². The Hall–Kier alpha value is -3.90. The van der Waals surface area contributed by atoms with Crippen molar-refractivity contribution < 1.29 is 4.52 Å². The molecule has 38 heavy (non-hydrogen) atoms. The fraction of sp³-hybridized carbons (Fsp3) is 0.258. The van der Waals surface area contributed by atoms with Crippen LogP contribution < -0.4 is 21.4 Å². The smallest absolute Gasteiger partial charge is 0.268 e. The van der Waals surface area contributed by atoms with Crippen LogP contribution in [0.2, 0.25) is 5.02 Å². The molecule has 2 heterocycles. The number of aryl methyl sites for hydroxylation is 1. The van der Waals surface area contributed by atoms with E-state index in [9.17, 15) is 4.79 Å². The zero-order chi connectivity index (χ0) is 27.8. The SMILES string of the molecule is C=C(C)/C=c1\c(=C/C)cc(-c2cc(Nc3noc(-c4cccc(Cl)c4)n3)ccc2C)c(=O)n1C.CCCC. The molecule has 0 fully saturated rings. The van der Waals surface area contributed by atoms with Crippen molar-refractivity contribution in [1.82, 2.24) is 14.7 Å². The molecule has 4 aromatic rings. The fourth-order valence-corrected chi connectivity index (χ4v) is 3.93. The van der Waals surface area contributed by atoms with Crippen molar-refractivity contribution in [2.24, 2.45) is 7.05 Å². The standard InChI is InChI=1S/C27H25ClN4O2.C4H10/c1-6-18-14-23(26(33)32(5)24(18)12-16(2)3)22-15-21(11-10-17(22)4)29-27-30-25(34-31-27)19-8-7-9-20(28)13-19;1-3-4-2/h6-15H,2H2,1,3-5H3,(H,29,31);3-4H2,1-2H3/b18-6-,24-12+;. The number of nitrogens with zero attached hydrogens (tertiary/aromatic N) is 3. The van der Waals surface area contributed by atoms with Crippen LogP contribution in [-0.2, 0) is 7.05 Å². The molecule has 0 aliphatic rings. The van der Waals surface area contributed by atoms with Crippen molar-refractivity contribution in [3.63, 3.8) is 0 Å². The number of benzene rings is 2. The zero-order valence-electron chi connectivity index (χ0n) is 22.9. The van der Waals surface area contributed by atoms with Crippen molar-refractivity contribution in [2.75, 3.05) is 5.32 Å². The molecule has 0 amide bonds. The van der Waals surface area contributed by atoms with E-state index in [4.69, 9.17) is 16.1 Å². The average molecular weight is 531 g/mol. The van der Waals surface area contributed by atoms with E-state index >= 15 is 0 Å². The average Bonchev–Trinajstić information content (AvgIpc) is 3.37. The van der Waals surface area contributed by atoms with Crippen LogP contribution >= 0.6 is 11.6 Å². The van der Waals surface area contributed by atoms with Crippen molar-refractivity contribution in [3.8, 4) is 22.6 Å². The van der Waals surface area contributed by atoms with Gasteiger partial charge >= 0.3 is 0 Å². The van der Waals surface area contributed by atoms with Crippen LogP contribution in [0.5, 0.6) is 0 Å². The molecule has 0 spiro atoms. The summed E-state index contributed by atoms with van der Waals surface area (Å²) in [7, 11) is 1.78. The highest BCUT2D eigenvalue weighted by Crippen LogP contribution is 2.27. The van der Waals surface area contributed by atoms with E-state index in [1.165, 1.54) is 12.8 Å². The predicted molar refractivity (Wildman–Crippen MR) is 159 cm³/mol. The van der Waals surface area contributed by atoms with Crippen LogP contribution in [0, 0.1) is 6.92 Å². The van der Waals surface area contributed by atoms with E-state index in [0.717, 1.165) is 38.5 Å². The minimum Gasteiger partial charge on any atom is -0.332 e. The quantitative estimate of drug-likeness (QED) is 0.298. The van der Waals surface area contributed by atoms with E-state index in [2.05, 4.69) is 35.9 Å². The number of hydrogen-bond donors (Lipinski definition) is 1. The van der Waals surface area contributed by atoms with E-state index in [1.54, 1.807) is 23.7 Å². The van der Waals surface area contributed by atoms with Crippen molar-refractivity contribution in [2.45, 2.75) is 47.5 Å². The van der Waals surface area contributed by atoms with Gasteiger partial charge in [-0.25, -0.2) is 0 Å². The van der Waals surface area contributed by atoms with Gasteiger partial charge in [0.15, 0.2) is 0 Å². The van der Waals surface area contributed by atoms with Gasteiger partial charge in [0.1, 0.15) is 0 Å². The number of nitrogens with one attached hydrogen (secondary N) is 1. The maximum atomic E-state index is 13.3. The highest BCUT2D eigenvalue weighted by Gasteiger charge is 2.13. The number of pyridine rings is 1. The summed E-state index contributed by atoms with van der Waals surface area (Å²) in [5.41, 5.74) is 4.69. The number of rotatable bonds is 6. The zero-order valence-corrected chi connectivity index (χ0v) is 23.7. The van der Waals surface area contributed by atoms with Crippen molar-refractivity contribution in [1.29, 1.82) is 0 Å². The van der Waals surface area contributed by atoms with Crippen LogP contribution in [-0.4, -0.2) is 14.7 Å². The largest absolute Gasteiger partial charge is 0.332 e. The number of hydrogen-bond acceptors (Lipinski definition) is 5. The van der Waals surface area contributed by atoms with Gasteiger partial charge in [-0.1, -0.05) is 68.7 Å². The molecule has 0 bridgehead atoms. The van der Waals surface area contributed by atoms with Crippen molar-refractivity contribution >= 4 is 35.4 Å². The number of anilines is 2. The van der Waals surface area contributed by atoms with Gasteiger partial charge in [0.25, 0.3) is 17.4 Å². The number of allylic oxidation sites excluding steroid dienone is 1.